The highest BCUT2D eigenvalue weighted by atomic mass is 19.4. The third kappa shape index (κ3) is 1.42. The predicted octanol–water partition coefficient (Wildman–Crippen LogP) is -0.0581. The minimum absolute atomic E-state index is 0.631. The Balaban J connectivity index is 3.01. The first-order chi connectivity index (χ1) is 6.18. The van der Waals surface area contributed by atoms with Crippen molar-refractivity contribution in [3.05, 3.63) is 0 Å². The van der Waals surface area contributed by atoms with Crippen LogP contribution in [0.1, 0.15) is 13.8 Å². The molecule has 14 heavy (non-hydrogen) atoms. The third-order valence-electron chi connectivity index (χ3n) is 2.14. The van der Waals surface area contributed by atoms with E-state index in [1.165, 1.54) is 6.92 Å². The Labute approximate surface area is 77.8 Å². The van der Waals surface area contributed by atoms with E-state index in [1.807, 2.05) is 5.32 Å². The predicted molar refractivity (Wildman–Crippen MR) is 40.2 cm³/mol. The quantitative estimate of drug-likeness (QED) is 0.588. The molecule has 2 N–H and O–H groups in total. The molecule has 1 aliphatic heterocycles. The zero-order valence-electron chi connectivity index (χ0n) is 7.53. The summed E-state index contributed by atoms with van der Waals surface area (Å²) in [5, 5.41) is 3.61. The molecule has 0 aromatic carbocycles. The van der Waals surface area contributed by atoms with Gasteiger partial charge < -0.3 is 10.6 Å². The molecular weight excluding hydrogens is 201 g/mol. The molecular formula is C7H9F3N2O2. The van der Waals surface area contributed by atoms with Gasteiger partial charge in [-0.05, 0) is 13.8 Å². The number of piperazine rings is 1. The van der Waals surface area contributed by atoms with E-state index in [1.54, 1.807) is 5.32 Å². The van der Waals surface area contributed by atoms with Gasteiger partial charge in [0.1, 0.15) is 6.04 Å². The lowest BCUT2D eigenvalue weighted by Gasteiger charge is -2.37. The van der Waals surface area contributed by atoms with Crippen LogP contribution in [0.4, 0.5) is 13.2 Å². The first-order valence-electron chi connectivity index (χ1n) is 3.88. The summed E-state index contributed by atoms with van der Waals surface area (Å²) >= 11 is 0. The van der Waals surface area contributed by atoms with Crippen LogP contribution in [0.25, 0.3) is 0 Å². The molecule has 1 fully saturated rings. The first-order valence-corrected chi connectivity index (χ1v) is 3.88. The fourth-order valence-corrected chi connectivity index (χ4v) is 1.02. The van der Waals surface area contributed by atoms with E-state index in [-0.39, 0.29) is 0 Å². The standard InChI is InChI=1S/C7H9F3N2O2/c1-3-4(13)12-6(2,5(14)11-3)7(8,9)10/h3H,1-2H3,(H,11,14)(H,12,13)/t3-,6?/m0/s1. The SMILES string of the molecule is C[C@@H]1NC(=O)C(C)(C(F)(F)F)NC1=O. The van der Waals surface area contributed by atoms with Crippen LogP contribution >= 0.6 is 0 Å². The summed E-state index contributed by atoms with van der Waals surface area (Å²) < 4.78 is 37.2. The fraction of sp³-hybridized carbons (Fsp3) is 0.714. The van der Waals surface area contributed by atoms with E-state index in [0.29, 0.717) is 6.92 Å². The summed E-state index contributed by atoms with van der Waals surface area (Å²) in [7, 11) is 0. The van der Waals surface area contributed by atoms with Gasteiger partial charge in [0.15, 0.2) is 0 Å². The molecule has 1 rings (SSSR count). The molecule has 0 spiro atoms. The Morgan fingerprint density at radius 3 is 2.29 bits per heavy atom. The van der Waals surface area contributed by atoms with Crippen LogP contribution in [0.15, 0.2) is 0 Å². The van der Waals surface area contributed by atoms with E-state index in [0.717, 1.165) is 0 Å². The van der Waals surface area contributed by atoms with E-state index in [9.17, 15) is 22.8 Å². The minimum Gasteiger partial charge on any atom is -0.342 e. The van der Waals surface area contributed by atoms with Gasteiger partial charge >= 0.3 is 6.18 Å². The summed E-state index contributed by atoms with van der Waals surface area (Å²) in [5.74, 6) is -2.08. The van der Waals surface area contributed by atoms with Gasteiger partial charge in [0, 0.05) is 0 Å². The number of hydrogen-bond acceptors (Lipinski definition) is 2. The second kappa shape index (κ2) is 2.86. The van der Waals surface area contributed by atoms with Crippen LogP contribution in [-0.4, -0.2) is 29.6 Å². The maximum atomic E-state index is 12.4. The van der Waals surface area contributed by atoms with Crippen molar-refractivity contribution >= 4 is 11.8 Å². The third-order valence-corrected chi connectivity index (χ3v) is 2.14. The van der Waals surface area contributed by atoms with Crippen molar-refractivity contribution in [3.8, 4) is 0 Å². The second-order valence-electron chi connectivity index (χ2n) is 3.31. The van der Waals surface area contributed by atoms with Crippen LogP contribution in [0.5, 0.6) is 0 Å². The number of amides is 2. The van der Waals surface area contributed by atoms with Crippen molar-refractivity contribution in [2.24, 2.45) is 0 Å². The first kappa shape index (κ1) is 10.8. The van der Waals surface area contributed by atoms with Crippen LogP contribution in [0, 0.1) is 0 Å². The molecule has 0 aromatic rings. The van der Waals surface area contributed by atoms with Gasteiger partial charge in [0.05, 0.1) is 0 Å². The summed E-state index contributed by atoms with van der Waals surface area (Å²) in [6.07, 6.45) is -4.80. The lowest BCUT2D eigenvalue weighted by Crippen LogP contribution is -2.72. The average molecular weight is 210 g/mol. The second-order valence-corrected chi connectivity index (χ2v) is 3.31. The molecule has 0 radical (unpaired) electrons. The monoisotopic (exact) mass is 210 g/mol. The number of carbonyl (C=O) groups is 2. The molecule has 7 heteroatoms. The van der Waals surface area contributed by atoms with Crippen molar-refractivity contribution in [3.63, 3.8) is 0 Å². The molecule has 1 aliphatic rings. The maximum absolute atomic E-state index is 12.4. The van der Waals surface area contributed by atoms with E-state index >= 15 is 0 Å². The van der Waals surface area contributed by atoms with Gasteiger partial charge in [0.2, 0.25) is 11.4 Å². The molecule has 1 heterocycles. The summed E-state index contributed by atoms with van der Waals surface area (Å²) in [6.45, 7) is 1.94. The van der Waals surface area contributed by atoms with Gasteiger partial charge in [0.25, 0.3) is 5.91 Å². The number of alkyl halides is 3. The minimum atomic E-state index is -4.80. The highest BCUT2D eigenvalue weighted by Crippen LogP contribution is 2.31. The molecule has 0 bridgehead atoms. The van der Waals surface area contributed by atoms with Crippen LogP contribution in [-0.2, 0) is 9.59 Å². The van der Waals surface area contributed by atoms with Crippen molar-refractivity contribution < 1.29 is 22.8 Å². The number of carbonyl (C=O) groups excluding carboxylic acids is 2. The number of rotatable bonds is 0. The average Bonchev–Trinajstić information content (AvgIpc) is 1.99. The fourth-order valence-electron chi connectivity index (χ4n) is 1.02. The molecule has 0 aromatic heterocycles. The molecule has 0 aliphatic carbocycles. The molecule has 0 saturated carbocycles. The van der Waals surface area contributed by atoms with E-state index in [2.05, 4.69) is 0 Å². The van der Waals surface area contributed by atoms with Crippen LogP contribution in [0.2, 0.25) is 0 Å². The Hall–Kier alpha value is -1.27. The van der Waals surface area contributed by atoms with E-state index in [4.69, 9.17) is 0 Å². The molecule has 80 valence electrons. The zero-order chi connectivity index (χ0) is 11.1. The van der Waals surface area contributed by atoms with E-state index < -0.39 is 29.6 Å². The lowest BCUT2D eigenvalue weighted by atomic mass is 9.96. The van der Waals surface area contributed by atoms with Gasteiger partial charge in [-0.25, -0.2) is 0 Å². The van der Waals surface area contributed by atoms with Crippen molar-refractivity contribution in [2.75, 3.05) is 0 Å². The molecule has 2 amide bonds. The number of nitrogens with one attached hydrogen (secondary N) is 2. The number of halogens is 3. The normalized spacial score (nSPS) is 33.6. The summed E-state index contributed by atoms with van der Waals surface area (Å²) in [4.78, 5) is 22.0. The molecule has 2 atom stereocenters. The topological polar surface area (TPSA) is 58.2 Å². The zero-order valence-corrected chi connectivity index (χ0v) is 7.53. The van der Waals surface area contributed by atoms with Crippen molar-refractivity contribution in [1.82, 2.24) is 10.6 Å². The molecule has 4 nitrogen and oxygen atoms in total. The molecule has 1 unspecified atom stereocenters. The van der Waals surface area contributed by atoms with Crippen LogP contribution in [0.3, 0.4) is 0 Å². The Kier molecular flexibility index (Phi) is 2.21. The number of hydrogen-bond donors (Lipinski definition) is 2. The Morgan fingerprint density at radius 1 is 1.36 bits per heavy atom. The largest absolute Gasteiger partial charge is 0.420 e. The molecule has 1 saturated heterocycles. The van der Waals surface area contributed by atoms with Gasteiger partial charge in [-0.3, -0.25) is 9.59 Å². The van der Waals surface area contributed by atoms with Crippen LogP contribution < -0.4 is 10.6 Å². The smallest absolute Gasteiger partial charge is 0.342 e. The van der Waals surface area contributed by atoms with Gasteiger partial charge in [-0.15, -0.1) is 0 Å². The van der Waals surface area contributed by atoms with Crippen molar-refractivity contribution in [1.29, 1.82) is 0 Å². The van der Waals surface area contributed by atoms with Crippen molar-refractivity contribution in [2.45, 2.75) is 31.6 Å². The summed E-state index contributed by atoms with van der Waals surface area (Å²) in [6, 6.07) is -0.932. The Bertz CT molecular complexity index is 289. The maximum Gasteiger partial charge on any atom is 0.420 e. The van der Waals surface area contributed by atoms with Gasteiger partial charge in [-0.1, -0.05) is 0 Å². The summed E-state index contributed by atoms with van der Waals surface area (Å²) in [5.41, 5.74) is -2.82. The highest BCUT2D eigenvalue weighted by molar-refractivity contribution is 5.99. The van der Waals surface area contributed by atoms with Gasteiger partial charge in [-0.2, -0.15) is 13.2 Å². The highest BCUT2D eigenvalue weighted by Gasteiger charge is 2.60. The Morgan fingerprint density at radius 2 is 1.86 bits per heavy atom. The lowest BCUT2D eigenvalue weighted by molar-refractivity contribution is -0.201.